The minimum absolute atomic E-state index is 0.425. The number of nitriles is 1. The Morgan fingerprint density at radius 1 is 1.00 bits per heavy atom. The van der Waals surface area contributed by atoms with E-state index in [0.29, 0.717) is 28.2 Å². The molecule has 0 bridgehead atoms. The van der Waals surface area contributed by atoms with Gasteiger partial charge in [0.15, 0.2) is 5.65 Å². The van der Waals surface area contributed by atoms with Gasteiger partial charge in [-0.25, -0.2) is 9.97 Å². The van der Waals surface area contributed by atoms with Crippen LogP contribution in [-0.4, -0.2) is 20.2 Å². The van der Waals surface area contributed by atoms with E-state index in [2.05, 4.69) is 26.2 Å². The number of nitrogens with zero attached hydrogens (tertiary/aromatic N) is 4. The van der Waals surface area contributed by atoms with Crippen LogP contribution >= 0.6 is 0 Å². The normalized spacial score (nSPS) is 10.7. The summed E-state index contributed by atoms with van der Waals surface area (Å²) in [6, 6.07) is 13.3. The lowest BCUT2D eigenvalue weighted by Crippen LogP contribution is -1.92. The van der Waals surface area contributed by atoms with Crippen LogP contribution in [-0.2, 0) is 0 Å². The van der Waals surface area contributed by atoms with Crippen molar-refractivity contribution < 1.29 is 4.74 Å². The number of benzene rings is 2. The molecule has 0 spiro atoms. The van der Waals surface area contributed by atoms with E-state index in [9.17, 15) is 5.26 Å². The highest BCUT2D eigenvalue weighted by Crippen LogP contribution is 2.32. The smallest absolute Gasteiger partial charge is 0.233 e. The molecule has 22 heavy (non-hydrogen) atoms. The van der Waals surface area contributed by atoms with Crippen LogP contribution in [0.3, 0.4) is 0 Å². The zero-order valence-corrected chi connectivity index (χ0v) is 11.3. The predicted octanol–water partition coefficient (Wildman–Crippen LogP) is 3.17. The van der Waals surface area contributed by atoms with Crippen LogP contribution in [0.2, 0.25) is 0 Å². The SMILES string of the molecule is N#Cc1ccc(Oc2ncnc3[nH]ncc23)c2ccccc12. The molecule has 0 saturated carbocycles. The van der Waals surface area contributed by atoms with Crippen LogP contribution in [0.4, 0.5) is 0 Å². The van der Waals surface area contributed by atoms with Crippen molar-refractivity contribution in [3.63, 3.8) is 0 Å². The highest BCUT2D eigenvalue weighted by molar-refractivity contribution is 5.93. The second kappa shape index (κ2) is 4.82. The van der Waals surface area contributed by atoms with E-state index in [1.165, 1.54) is 6.33 Å². The molecule has 0 aliphatic carbocycles. The van der Waals surface area contributed by atoms with Crippen LogP contribution in [0.5, 0.6) is 11.6 Å². The third-order valence-corrected chi connectivity index (χ3v) is 3.42. The fourth-order valence-electron chi connectivity index (χ4n) is 2.39. The molecule has 0 unspecified atom stereocenters. The Balaban J connectivity index is 1.89. The van der Waals surface area contributed by atoms with Crippen LogP contribution in [0, 0.1) is 11.3 Å². The lowest BCUT2D eigenvalue weighted by atomic mass is 10.0. The molecule has 6 heteroatoms. The van der Waals surface area contributed by atoms with E-state index >= 15 is 0 Å². The fourth-order valence-corrected chi connectivity index (χ4v) is 2.39. The second-order valence-electron chi connectivity index (χ2n) is 4.68. The Hall–Kier alpha value is -3.46. The molecule has 0 aliphatic rings. The van der Waals surface area contributed by atoms with E-state index in [4.69, 9.17) is 4.74 Å². The zero-order valence-electron chi connectivity index (χ0n) is 11.3. The maximum Gasteiger partial charge on any atom is 0.233 e. The van der Waals surface area contributed by atoms with Crippen LogP contribution in [0.1, 0.15) is 5.56 Å². The first-order valence-corrected chi connectivity index (χ1v) is 6.60. The van der Waals surface area contributed by atoms with Crippen LogP contribution < -0.4 is 4.74 Å². The number of fused-ring (bicyclic) bond motifs is 2. The molecule has 104 valence electrons. The summed E-state index contributed by atoms with van der Waals surface area (Å²) in [6.45, 7) is 0. The van der Waals surface area contributed by atoms with Crippen molar-refractivity contribution in [1.82, 2.24) is 20.2 Å². The van der Waals surface area contributed by atoms with Crippen molar-refractivity contribution in [1.29, 1.82) is 5.26 Å². The number of aromatic nitrogens is 4. The van der Waals surface area contributed by atoms with Gasteiger partial charge in [-0.15, -0.1) is 0 Å². The van der Waals surface area contributed by atoms with Gasteiger partial charge in [-0.2, -0.15) is 10.4 Å². The molecular weight excluding hydrogens is 278 g/mol. The lowest BCUT2D eigenvalue weighted by Gasteiger charge is -2.09. The average molecular weight is 287 g/mol. The number of nitrogens with one attached hydrogen (secondary N) is 1. The zero-order chi connectivity index (χ0) is 14.9. The summed E-state index contributed by atoms with van der Waals surface area (Å²) < 4.78 is 5.94. The Morgan fingerprint density at radius 2 is 1.86 bits per heavy atom. The molecule has 0 radical (unpaired) electrons. The fraction of sp³-hybridized carbons (Fsp3) is 0. The molecule has 2 aromatic heterocycles. The molecule has 0 amide bonds. The quantitative estimate of drug-likeness (QED) is 0.611. The third kappa shape index (κ3) is 1.84. The topological polar surface area (TPSA) is 87.5 Å². The molecular formula is C16H9N5O. The maximum absolute atomic E-state index is 9.21. The Labute approximate surface area is 125 Å². The summed E-state index contributed by atoms with van der Waals surface area (Å²) in [7, 11) is 0. The molecule has 2 heterocycles. The number of hydrogen-bond donors (Lipinski definition) is 1. The van der Waals surface area contributed by atoms with Crippen molar-refractivity contribution >= 4 is 21.8 Å². The highest BCUT2D eigenvalue weighted by Gasteiger charge is 2.11. The van der Waals surface area contributed by atoms with Crippen molar-refractivity contribution in [2.45, 2.75) is 0 Å². The molecule has 0 fully saturated rings. The standard InChI is InChI=1S/C16H9N5O/c17-7-10-5-6-14(12-4-2-1-3-11(10)12)22-16-13-8-20-21-15(13)18-9-19-16/h1-6,8-9H,(H,18,19,20,21). The van der Waals surface area contributed by atoms with E-state index < -0.39 is 0 Å². The first-order chi connectivity index (χ1) is 10.9. The first kappa shape index (κ1) is 12.3. The van der Waals surface area contributed by atoms with E-state index in [1.807, 2.05) is 24.3 Å². The maximum atomic E-state index is 9.21. The van der Waals surface area contributed by atoms with Gasteiger partial charge in [0.1, 0.15) is 17.5 Å². The van der Waals surface area contributed by atoms with Crippen molar-refractivity contribution in [2.75, 3.05) is 0 Å². The summed E-state index contributed by atoms with van der Waals surface area (Å²) >= 11 is 0. The van der Waals surface area contributed by atoms with Gasteiger partial charge in [-0.1, -0.05) is 24.3 Å². The van der Waals surface area contributed by atoms with E-state index in [-0.39, 0.29) is 0 Å². The molecule has 4 aromatic rings. The summed E-state index contributed by atoms with van der Waals surface area (Å²) in [6.07, 6.45) is 3.04. The molecule has 0 aliphatic heterocycles. The van der Waals surface area contributed by atoms with Gasteiger partial charge in [-0.05, 0) is 12.1 Å². The van der Waals surface area contributed by atoms with Gasteiger partial charge in [0.2, 0.25) is 5.88 Å². The molecule has 4 rings (SSSR count). The van der Waals surface area contributed by atoms with Crippen LogP contribution in [0.25, 0.3) is 21.8 Å². The van der Waals surface area contributed by atoms with E-state index in [0.717, 1.165) is 10.8 Å². The Bertz CT molecular complexity index is 1030. The number of ether oxygens (including phenoxy) is 1. The summed E-state index contributed by atoms with van der Waals surface area (Å²) in [5, 5.41) is 18.3. The number of H-pyrrole nitrogens is 1. The van der Waals surface area contributed by atoms with Crippen molar-refractivity contribution in [2.24, 2.45) is 0 Å². The minimum atomic E-state index is 0.425. The summed E-state index contributed by atoms with van der Waals surface area (Å²) in [5.74, 6) is 1.06. The number of hydrogen-bond acceptors (Lipinski definition) is 5. The van der Waals surface area contributed by atoms with Gasteiger partial charge in [-0.3, -0.25) is 5.10 Å². The summed E-state index contributed by atoms with van der Waals surface area (Å²) in [4.78, 5) is 8.25. The monoisotopic (exact) mass is 287 g/mol. The molecule has 1 N–H and O–H groups in total. The van der Waals surface area contributed by atoms with E-state index in [1.54, 1.807) is 18.3 Å². The van der Waals surface area contributed by atoms with Gasteiger partial charge in [0.25, 0.3) is 0 Å². The van der Waals surface area contributed by atoms with Crippen molar-refractivity contribution in [3.8, 4) is 17.7 Å². The van der Waals surface area contributed by atoms with Crippen LogP contribution in [0.15, 0.2) is 48.9 Å². The Kier molecular flexibility index (Phi) is 2.70. The lowest BCUT2D eigenvalue weighted by molar-refractivity contribution is 0.473. The Morgan fingerprint density at radius 3 is 2.73 bits per heavy atom. The van der Waals surface area contributed by atoms with Crippen molar-refractivity contribution in [3.05, 3.63) is 54.5 Å². The van der Waals surface area contributed by atoms with Gasteiger partial charge >= 0.3 is 0 Å². The van der Waals surface area contributed by atoms with Gasteiger partial charge in [0, 0.05) is 10.8 Å². The average Bonchev–Trinajstić information content (AvgIpc) is 3.05. The number of rotatable bonds is 2. The molecule has 0 saturated heterocycles. The third-order valence-electron chi connectivity index (χ3n) is 3.42. The summed E-state index contributed by atoms with van der Waals surface area (Å²) in [5.41, 5.74) is 1.22. The number of aromatic amines is 1. The largest absolute Gasteiger partial charge is 0.437 e. The molecule has 0 atom stereocenters. The molecule has 2 aromatic carbocycles. The second-order valence-corrected chi connectivity index (χ2v) is 4.68. The molecule has 6 nitrogen and oxygen atoms in total. The first-order valence-electron chi connectivity index (χ1n) is 6.60. The highest BCUT2D eigenvalue weighted by atomic mass is 16.5. The van der Waals surface area contributed by atoms with Gasteiger partial charge < -0.3 is 4.74 Å². The predicted molar refractivity (Wildman–Crippen MR) is 80.4 cm³/mol. The van der Waals surface area contributed by atoms with Gasteiger partial charge in [0.05, 0.1) is 17.8 Å². The minimum Gasteiger partial charge on any atom is -0.437 e.